The van der Waals surface area contributed by atoms with E-state index in [1.165, 1.54) is 12.8 Å². The fraction of sp³-hybridized carbons (Fsp3) is 1.00. The van der Waals surface area contributed by atoms with Crippen molar-refractivity contribution in [1.82, 2.24) is 10.2 Å². The van der Waals surface area contributed by atoms with Crippen LogP contribution in [0.2, 0.25) is 0 Å². The van der Waals surface area contributed by atoms with Crippen molar-refractivity contribution >= 4 is 0 Å². The largest absolute Gasteiger partial charge is 0.522 e. The highest BCUT2D eigenvalue weighted by molar-refractivity contribution is 4.99. The first-order valence-electron chi connectivity index (χ1n) is 7.03. The molecule has 2 aliphatic rings. The molecule has 2 atom stereocenters. The summed E-state index contributed by atoms with van der Waals surface area (Å²) in [5, 5.41) is 3.55. The van der Waals surface area contributed by atoms with Crippen LogP contribution in [0.25, 0.3) is 0 Å². The van der Waals surface area contributed by atoms with Crippen LogP contribution in [0.1, 0.15) is 33.1 Å². The predicted octanol–water partition coefficient (Wildman–Crippen LogP) is 2.38. The molecule has 0 radical (unpaired) electrons. The molecule has 1 aliphatic heterocycles. The molecule has 2 fully saturated rings. The number of halogens is 3. The van der Waals surface area contributed by atoms with Gasteiger partial charge < -0.3 is 5.32 Å². The van der Waals surface area contributed by atoms with Crippen LogP contribution in [-0.4, -0.2) is 49.1 Å². The highest BCUT2D eigenvalue weighted by Gasteiger charge is 2.42. The number of alkyl halides is 3. The van der Waals surface area contributed by atoms with Gasteiger partial charge in [0.2, 0.25) is 0 Å². The van der Waals surface area contributed by atoms with Crippen molar-refractivity contribution in [3.05, 3.63) is 0 Å². The van der Waals surface area contributed by atoms with Gasteiger partial charge in [-0.2, -0.15) is 0 Å². The van der Waals surface area contributed by atoms with Crippen LogP contribution in [0, 0.1) is 5.92 Å². The normalized spacial score (nSPS) is 33.6. The van der Waals surface area contributed by atoms with Gasteiger partial charge in [0.15, 0.2) is 0 Å². The van der Waals surface area contributed by atoms with Crippen molar-refractivity contribution < 1.29 is 17.9 Å². The van der Waals surface area contributed by atoms with Gasteiger partial charge in [0.05, 0.1) is 6.61 Å². The number of hydrogen-bond acceptors (Lipinski definition) is 3. The second-order valence-electron chi connectivity index (χ2n) is 5.96. The summed E-state index contributed by atoms with van der Waals surface area (Å²) in [5.74, 6) is 0.653. The molecule has 0 aromatic carbocycles. The lowest BCUT2D eigenvalue weighted by Gasteiger charge is -2.46. The molecule has 0 spiro atoms. The van der Waals surface area contributed by atoms with E-state index in [1.54, 1.807) is 0 Å². The van der Waals surface area contributed by atoms with Crippen LogP contribution < -0.4 is 5.32 Å². The van der Waals surface area contributed by atoms with Crippen molar-refractivity contribution in [2.45, 2.75) is 51.1 Å². The maximum atomic E-state index is 12.0. The number of nitrogens with zero attached hydrogens (tertiary/aromatic N) is 1. The first-order chi connectivity index (χ1) is 8.83. The zero-order valence-electron chi connectivity index (χ0n) is 11.6. The molecule has 6 heteroatoms. The Morgan fingerprint density at radius 3 is 2.58 bits per heavy atom. The van der Waals surface area contributed by atoms with Gasteiger partial charge in [-0.15, -0.1) is 13.2 Å². The minimum absolute atomic E-state index is 0.00359. The maximum Gasteiger partial charge on any atom is 0.522 e. The van der Waals surface area contributed by atoms with Crippen molar-refractivity contribution in [2.24, 2.45) is 5.92 Å². The predicted molar refractivity (Wildman–Crippen MR) is 66.8 cm³/mol. The SMILES string of the molecule is CCC1(C)CN(CCOC(F)(F)F)C(C2CC2)CN1. The number of ether oxygens (including phenoxy) is 1. The Hall–Kier alpha value is -0.330. The third-order valence-electron chi connectivity index (χ3n) is 4.35. The summed E-state index contributed by atoms with van der Waals surface area (Å²) in [6, 6.07) is 0.372. The molecule has 1 N–H and O–H groups in total. The monoisotopic (exact) mass is 280 g/mol. The standard InChI is InChI=1S/C13H23F3N2O/c1-3-12(2)9-18(6-7-19-13(14,15)16)11(8-17-12)10-4-5-10/h10-11,17H,3-9H2,1-2H3. The molecule has 0 bridgehead atoms. The molecule has 1 saturated heterocycles. The second-order valence-corrected chi connectivity index (χ2v) is 5.96. The summed E-state index contributed by atoms with van der Waals surface area (Å²) in [4.78, 5) is 2.18. The summed E-state index contributed by atoms with van der Waals surface area (Å²) >= 11 is 0. The van der Waals surface area contributed by atoms with Crippen LogP contribution in [0.15, 0.2) is 0 Å². The fourth-order valence-corrected chi connectivity index (χ4v) is 2.81. The quantitative estimate of drug-likeness (QED) is 0.837. The summed E-state index contributed by atoms with van der Waals surface area (Å²) in [6.07, 6.45) is -1.14. The molecule has 0 aromatic rings. The Bertz CT molecular complexity index is 307. The fourth-order valence-electron chi connectivity index (χ4n) is 2.81. The van der Waals surface area contributed by atoms with Gasteiger partial charge in [0, 0.05) is 31.2 Å². The Balaban J connectivity index is 1.88. The molecule has 1 heterocycles. The van der Waals surface area contributed by atoms with Crippen molar-refractivity contribution in [3.63, 3.8) is 0 Å². The minimum atomic E-state index is -4.52. The second kappa shape index (κ2) is 5.58. The molecule has 0 aromatic heterocycles. The summed E-state index contributed by atoms with van der Waals surface area (Å²) in [6.45, 7) is 6.00. The Morgan fingerprint density at radius 1 is 1.37 bits per heavy atom. The van der Waals surface area contributed by atoms with Crippen LogP contribution in [0.4, 0.5) is 13.2 Å². The lowest BCUT2D eigenvalue weighted by Crippen LogP contribution is -2.63. The highest BCUT2D eigenvalue weighted by atomic mass is 19.4. The Morgan fingerprint density at radius 2 is 2.05 bits per heavy atom. The van der Waals surface area contributed by atoms with Crippen LogP contribution in [0.3, 0.4) is 0 Å². The lowest BCUT2D eigenvalue weighted by atomic mass is 9.92. The van der Waals surface area contributed by atoms with Crippen LogP contribution in [0.5, 0.6) is 0 Å². The molecule has 112 valence electrons. The summed E-state index contributed by atoms with van der Waals surface area (Å²) < 4.78 is 40.0. The van der Waals surface area contributed by atoms with E-state index in [1.807, 2.05) is 0 Å². The minimum Gasteiger partial charge on any atom is -0.309 e. The topological polar surface area (TPSA) is 24.5 Å². The van der Waals surface area contributed by atoms with Crippen molar-refractivity contribution in [3.8, 4) is 0 Å². The van der Waals surface area contributed by atoms with E-state index in [9.17, 15) is 13.2 Å². The smallest absolute Gasteiger partial charge is 0.309 e. The lowest BCUT2D eigenvalue weighted by molar-refractivity contribution is -0.325. The molecule has 3 nitrogen and oxygen atoms in total. The molecule has 2 unspecified atom stereocenters. The van der Waals surface area contributed by atoms with Gasteiger partial charge in [0.1, 0.15) is 0 Å². The van der Waals surface area contributed by atoms with E-state index >= 15 is 0 Å². The Kier molecular flexibility index (Phi) is 4.42. The van der Waals surface area contributed by atoms with E-state index in [2.05, 4.69) is 28.8 Å². The van der Waals surface area contributed by atoms with Gasteiger partial charge >= 0.3 is 6.36 Å². The van der Waals surface area contributed by atoms with E-state index in [4.69, 9.17) is 0 Å². The molecule has 2 rings (SSSR count). The maximum absolute atomic E-state index is 12.0. The summed E-state index contributed by atoms with van der Waals surface area (Å²) in [7, 11) is 0. The number of rotatable bonds is 5. The van der Waals surface area contributed by atoms with Gasteiger partial charge in [-0.25, -0.2) is 0 Å². The van der Waals surface area contributed by atoms with Gasteiger partial charge in [-0.1, -0.05) is 6.92 Å². The number of piperazine rings is 1. The average molecular weight is 280 g/mol. The third-order valence-corrected chi connectivity index (χ3v) is 4.35. The molecule has 0 amide bonds. The van der Waals surface area contributed by atoms with Crippen molar-refractivity contribution in [2.75, 3.05) is 26.2 Å². The average Bonchev–Trinajstić information content (AvgIpc) is 3.12. The van der Waals surface area contributed by atoms with Crippen LogP contribution >= 0.6 is 0 Å². The molecular formula is C13H23F3N2O. The molecule has 1 saturated carbocycles. The van der Waals surface area contributed by atoms with Crippen molar-refractivity contribution in [1.29, 1.82) is 0 Å². The zero-order chi connectivity index (χ0) is 14.1. The number of hydrogen-bond donors (Lipinski definition) is 1. The van der Waals surface area contributed by atoms with E-state index in [0.29, 0.717) is 18.5 Å². The third kappa shape index (κ3) is 4.33. The Labute approximate surface area is 112 Å². The molecule has 1 aliphatic carbocycles. The van der Waals surface area contributed by atoms with Gasteiger partial charge in [-0.05, 0) is 32.1 Å². The zero-order valence-corrected chi connectivity index (χ0v) is 11.6. The first-order valence-corrected chi connectivity index (χ1v) is 7.03. The van der Waals surface area contributed by atoms with Gasteiger partial charge in [0.25, 0.3) is 0 Å². The first kappa shape index (κ1) is 15.1. The van der Waals surface area contributed by atoms with Gasteiger partial charge in [-0.3, -0.25) is 9.64 Å². The van der Waals surface area contributed by atoms with Crippen LogP contribution in [-0.2, 0) is 4.74 Å². The molecular weight excluding hydrogens is 257 g/mol. The summed E-state index contributed by atoms with van der Waals surface area (Å²) in [5.41, 5.74) is 0.00359. The van der Waals surface area contributed by atoms with E-state index in [-0.39, 0.29) is 12.1 Å². The van der Waals surface area contributed by atoms with E-state index < -0.39 is 6.36 Å². The number of nitrogens with one attached hydrogen (secondary N) is 1. The highest BCUT2D eigenvalue weighted by Crippen LogP contribution is 2.37. The van der Waals surface area contributed by atoms with E-state index in [0.717, 1.165) is 19.5 Å². The molecule has 19 heavy (non-hydrogen) atoms.